The second-order valence-electron chi connectivity index (χ2n) is 2.24. The Bertz CT molecular complexity index is 223. The Morgan fingerprint density at radius 1 is 1.60 bits per heavy atom. The van der Waals surface area contributed by atoms with Gasteiger partial charge in [0, 0.05) is 17.5 Å². The van der Waals surface area contributed by atoms with E-state index in [9.17, 15) is 0 Å². The molecule has 0 aromatic carbocycles. The topological polar surface area (TPSA) is 46.0 Å². The Hall–Kier alpha value is -0.960. The van der Waals surface area contributed by atoms with Crippen LogP contribution in [-0.2, 0) is 0 Å². The molecule has 0 aliphatic rings. The smallest absolute Gasteiger partial charge is 0.115 e. The van der Waals surface area contributed by atoms with Crippen LogP contribution < -0.4 is 0 Å². The number of aliphatic hydroxyl groups is 1. The molecule has 0 aliphatic carbocycles. The average molecular weight is 138 g/mol. The summed E-state index contributed by atoms with van der Waals surface area (Å²) >= 11 is 0. The number of aliphatic hydroxyl groups excluding tert-OH is 1. The molecular formula is C7H10N2O. The summed E-state index contributed by atoms with van der Waals surface area (Å²) in [7, 11) is 0. The van der Waals surface area contributed by atoms with Gasteiger partial charge in [-0.15, -0.1) is 0 Å². The van der Waals surface area contributed by atoms with Crippen molar-refractivity contribution in [1.29, 1.82) is 0 Å². The maximum absolute atomic E-state index is 9.12. The lowest BCUT2D eigenvalue weighted by Gasteiger charge is -2.04. The zero-order valence-electron chi connectivity index (χ0n) is 6.07. The van der Waals surface area contributed by atoms with Gasteiger partial charge < -0.3 is 5.11 Å². The van der Waals surface area contributed by atoms with E-state index in [0.717, 1.165) is 11.3 Å². The summed E-state index contributed by atoms with van der Waals surface area (Å²) in [5.41, 5.74) is 1.63. The van der Waals surface area contributed by atoms with Crippen molar-refractivity contribution in [3.63, 3.8) is 0 Å². The molecule has 1 aromatic rings. The summed E-state index contributed by atoms with van der Waals surface area (Å²) in [6.07, 6.45) is 2.63. The van der Waals surface area contributed by atoms with Gasteiger partial charge in [-0.1, -0.05) is 0 Å². The van der Waals surface area contributed by atoms with Gasteiger partial charge in [0.25, 0.3) is 0 Å². The molecule has 0 aliphatic heterocycles. The van der Waals surface area contributed by atoms with E-state index < -0.39 is 6.10 Å². The molecule has 1 unspecified atom stereocenters. The number of aromatic nitrogens is 2. The molecule has 10 heavy (non-hydrogen) atoms. The summed E-state index contributed by atoms with van der Waals surface area (Å²) in [6, 6.07) is 0. The van der Waals surface area contributed by atoms with Crippen LogP contribution in [0.4, 0.5) is 0 Å². The highest BCUT2D eigenvalue weighted by molar-refractivity contribution is 5.15. The van der Waals surface area contributed by atoms with Gasteiger partial charge in [0.1, 0.15) is 6.33 Å². The van der Waals surface area contributed by atoms with E-state index >= 15 is 0 Å². The van der Waals surface area contributed by atoms with Gasteiger partial charge in [0.15, 0.2) is 0 Å². The van der Waals surface area contributed by atoms with Crippen molar-refractivity contribution >= 4 is 0 Å². The van der Waals surface area contributed by atoms with E-state index in [0.29, 0.717) is 0 Å². The van der Waals surface area contributed by atoms with Gasteiger partial charge >= 0.3 is 0 Å². The Balaban J connectivity index is 3.03. The lowest BCUT2D eigenvalue weighted by Crippen LogP contribution is -1.97. The predicted octanol–water partition coefficient (Wildman–Crippen LogP) is 0.838. The standard InChI is InChI=1S/C7H10N2O/c1-5-7(6(2)10)3-8-4-9-5/h3-4,6,10H,1-2H3. The van der Waals surface area contributed by atoms with Crippen LogP contribution in [-0.4, -0.2) is 15.1 Å². The molecule has 0 saturated heterocycles. The number of hydrogen-bond donors (Lipinski definition) is 1. The van der Waals surface area contributed by atoms with Crippen LogP contribution in [0.25, 0.3) is 0 Å². The van der Waals surface area contributed by atoms with Crippen LogP contribution in [0.5, 0.6) is 0 Å². The zero-order chi connectivity index (χ0) is 7.56. The Labute approximate surface area is 59.8 Å². The van der Waals surface area contributed by atoms with E-state index in [1.54, 1.807) is 13.1 Å². The van der Waals surface area contributed by atoms with Crippen molar-refractivity contribution in [2.45, 2.75) is 20.0 Å². The normalized spacial score (nSPS) is 13.1. The summed E-state index contributed by atoms with van der Waals surface area (Å²) in [4.78, 5) is 7.72. The molecule has 0 radical (unpaired) electrons. The first-order valence-corrected chi connectivity index (χ1v) is 3.16. The summed E-state index contributed by atoms with van der Waals surface area (Å²) < 4.78 is 0. The molecule has 0 saturated carbocycles. The predicted molar refractivity (Wildman–Crippen MR) is 37.4 cm³/mol. The van der Waals surface area contributed by atoms with Gasteiger partial charge in [-0.05, 0) is 13.8 Å². The van der Waals surface area contributed by atoms with Crippen molar-refractivity contribution < 1.29 is 5.11 Å². The fraction of sp³-hybridized carbons (Fsp3) is 0.429. The van der Waals surface area contributed by atoms with Crippen LogP contribution in [0, 0.1) is 6.92 Å². The van der Waals surface area contributed by atoms with Crippen molar-refractivity contribution in [3.05, 3.63) is 23.8 Å². The van der Waals surface area contributed by atoms with Crippen molar-refractivity contribution in [2.75, 3.05) is 0 Å². The van der Waals surface area contributed by atoms with E-state index in [1.807, 2.05) is 6.92 Å². The average Bonchev–Trinajstić information content (AvgIpc) is 1.88. The number of rotatable bonds is 1. The summed E-state index contributed by atoms with van der Waals surface area (Å²) in [6.45, 7) is 3.55. The first kappa shape index (κ1) is 7.15. The summed E-state index contributed by atoms with van der Waals surface area (Å²) in [5.74, 6) is 0. The molecule has 1 heterocycles. The molecule has 0 fully saturated rings. The van der Waals surface area contributed by atoms with Gasteiger partial charge in [-0.2, -0.15) is 0 Å². The minimum Gasteiger partial charge on any atom is -0.389 e. The molecule has 1 N–H and O–H groups in total. The molecule has 0 amide bonds. The zero-order valence-corrected chi connectivity index (χ0v) is 6.07. The number of hydrogen-bond acceptors (Lipinski definition) is 3. The lowest BCUT2D eigenvalue weighted by molar-refractivity contribution is 0.197. The van der Waals surface area contributed by atoms with Crippen molar-refractivity contribution in [3.8, 4) is 0 Å². The van der Waals surface area contributed by atoms with Gasteiger partial charge in [-0.25, -0.2) is 9.97 Å². The Morgan fingerprint density at radius 3 is 2.70 bits per heavy atom. The first-order chi connectivity index (χ1) is 4.72. The lowest BCUT2D eigenvalue weighted by atomic mass is 10.1. The molecule has 54 valence electrons. The maximum atomic E-state index is 9.12. The quantitative estimate of drug-likeness (QED) is 0.625. The maximum Gasteiger partial charge on any atom is 0.115 e. The van der Waals surface area contributed by atoms with Crippen LogP contribution in [0.1, 0.15) is 24.3 Å². The fourth-order valence-corrected chi connectivity index (χ4v) is 0.812. The minimum absolute atomic E-state index is 0.471. The van der Waals surface area contributed by atoms with Crippen LogP contribution in [0.2, 0.25) is 0 Å². The molecule has 3 nitrogen and oxygen atoms in total. The largest absolute Gasteiger partial charge is 0.389 e. The van der Waals surface area contributed by atoms with Gasteiger partial charge in [0.2, 0.25) is 0 Å². The highest BCUT2D eigenvalue weighted by Gasteiger charge is 2.03. The molecular weight excluding hydrogens is 128 g/mol. The molecule has 1 rings (SSSR count). The van der Waals surface area contributed by atoms with Crippen LogP contribution >= 0.6 is 0 Å². The fourth-order valence-electron chi connectivity index (χ4n) is 0.812. The third-order valence-electron chi connectivity index (χ3n) is 1.40. The van der Waals surface area contributed by atoms with E-state index in [-0.39, 0.29) is 0 Å². The third-order valence-corrected chi connectivity index (χ3v) is 1.40. The third kappa shape index (κ3) is 1.30. The van der Waals surface area contributed by atoms with Gasteiger partial charge in [0.05, 0.1) is 6.10 Å². The van der Waals surface area contributed by atoms with E-state index in [2.05, 4.69) is 9.97 Å². The van der Waals surface area contributed by atoms with Crippen molar-refractivity contribution in [2.24, 2.45) is 0 Å². The summed E-state index contributed by atoms with van der Waals surface area (Å²) in [5, 5.41) is 9.12. The minimum atomic E-state index is -0.471. The van der Waals surface area contributed by atoms with Gasteiger partial charge in [-0.3, -0.25) is 0 Å². The Morgan fingerprint density at radius 2 is 2.30 bits per heavy atom. The highest BCUT2D eigenvalue weighted by atomic mass is 16.3. The van der Waals surface area contributed by atoms with E-state index in [1.165, 1.54) is 6.33 Å². The van der Waals surface area contributed by atoms with Crippen molar-refractivity contribution in [1.82, 2.24) is 9.97 Å². The second kappa shape index (κ2) is 2.75. The number of nitrogens with zero attached hydrogens (tertiary/aromatic N) is 2. The molecule has 3 heteroatoms. The molecule has 0 spiro atoms. The first-order valence-electron chi connectivity index (χ1n) is 3.16. The van der Waals surface area contributed by atoms with Crippen LogP contribution in [0.15, 0.2) is 12.5 Å². The SMILES string of the molecule is Cc1ncncc1C(C)O. The second-order valence-corrected chi connectivity index (χ2v) is 2.24. The molecule has 1 atom stereocenters. The Kier molecular flexibility index (Phi) is 1.97. The number of aryl methyl sites for hydroxylation is 1. The van der Waals surface area contributed by atoms with E-state index in [4.69, 9.17) is 5.11 Å². The van der Waals surface area contributed by atoms with Crippen LogP contribution in [0.3, 0.4) is 0 Å². The molecule has 1 aromatic heterocycles. The highest BCUT2D eigenvalue weighted by Crippen LogP contribution is 2.11. The molecule has 0 bridgehead atoms. The monoisotopic (exact) mass is 138 g/mol.